The van der Waals surface area contributed by atoms with Crippen LogP contribution >= 0.6 is 0 Å². The first-order chi connectivity index (χ1) is 14.2. The van der Waals surface area contributed by atoms with Crippen molar-refractivity contribution in [1.82, 2.24) is 5.32 Å². The average Bonchev–Trinajstić information content (AvgIpc) is 2.70. The van der Waals surface area contributed by atoms with Gasteiger partial charge in [0.1, 0.15) is 6.04 Å². The van der Waals surface area contributed by atoms with Gasteiger partial charge in [0, 0.05) is 19.0 Å². The van der Waals surface area contributed by atoms with Crippen molar-refractivity contribution >= 4 is 28.3 Å². The Morgan fingerprint density at radius 2 is 1.77 bits per heavy atom. The first kappa shape index (κ1) is 19.9. The number of alkyl halides is 3. The molecule has 3 aromatic rings. The summed E-state index contributed by atoms with van der Waals surface area (Å²) in [4.78, 5) is 26.3. The summed E-state index contributed by atoms with van der Waals surface area (Å²) in [5.74, 6) is -0.598. The van der Waals surface area contributed by atoms with Crippen molar-refractivity contribution in [1.29, 1.82) is 0 Å². The van der Waals surface area contributed by atoms with E-state index in [1.807, 2.05) is 36.4 Å². The summed E-state index contributed by atoms with van der Waals surface area (Å²) in [5.41, 5.74) is 1.47. The highest BCUT2D eigenvalue weighted by Crippen LogP contribution is 2.35. The maximum absolute atomic E-state index is 13.1. The summed E-state index contributed by atoms with van der Waals surface area (Å²) in [5, 5.41) is 4.70. The smallest absolute Gasteiger partial charge is 0.344 e. The molecular formula is C23H19F3N2O2. The molecule has 0 saturated carbocycles. The molecule has 2 amide bonds. The SMILES string of the molecule is CC(=O)NC1Cc2c(ccc3ccccc23)N(Cc2ccc(C(F)(F)F)cc2)C1=O. The molecule has 0 aliphatic carbocycles. The van der Waals surface area contributed by atoms with Crippen LogP contribution in [0.3, 0.4) is 0 Å². The number of carbonyl (C=O) groups is 2. The Hall–Kier alpha value is -3.35. The van der Waals surface area contributed by atoms with Crippen molar-refractivity contribution in [2.45, 2.75) is 32.1 Å². The number of nitrogens with one attached hydrogen (secondary N) is 1. The first-order valence-corrected chi connectivity index (χ1v) is 9.49. The van der Waals surface area contributed by atoms with Gasteiger partial charge in [-0.1, -0.05) is 42.5 Å². The van der Waals surface area contributed by atoms with Crippen molar-refractivity contribution in [2.24, 2.45) is 0 Å². The third-order valence-electron chi connectivity index (χ3n) is 5.28. The molecular weight excluding hydrogens is 393 g/mol. The zero-order valence-corrected chi connectivity index (χ0v) is 16.2. The summed E-state index contributed by atoms with van der Waals surface area (Å²) < 4.78 is 38.6. The number of hydrogen-bond acceptors (Lipinski definition) is 2. The van der Waals surface area contributed by atoms with Gasteiger partial charge < -0.3 is 10.2 Å². The Labute approximate surface area is 171 Å². The van der Waals surface area contributed by atoms with Gasteiger partial charge in [-0.05, 0) is 40.1 Å². The number of halogens is 3. The van der Waals surface area contributed by atoms with Crippen LogP contribution in [-0.4, -0.2) is 17.9 Å². The highest BCUT2D eigenvalue weighted by molar-refractivity contribution is 6.05. The lowest BCUT2D eigenvalue weighted by Crippen LogP contribution is -2.52. The Morgan fingerprint density at radius 3 is 2.43 bits per heavy atom. The van der Waals surface area contributed by atoms with E-state index >= 15 is 0 Å². The molecule has 0 saturated heterocycles. The van der Waals surface area contributed by atoms with E-state index in [2.05, 4.69) is 5.32 Å². The van der Waals surface area contributed by atoms with Crippen LogP contribution in [0.4, 0.5) is 18.9 Å². The third-order valence-corrected chi connectivity index (χ3v) is 5.28. The van der Waals surface area contributed by atoms with Crippen LogP contribution < -0.4 is 10.2 Å². The van der Waals surface area contributed by atoms with Crippen molar-refractivity contribution in [3.05, 3.63) is 77.4 Å². The molecule has 0 fully saturated rings. The van der Waals surface area contributed by atoms with Crippen LogP contribution in [0.15, 0.2) is 60.7 Å². The number of anilines is 1. The average molecular weight is 412 g/mol. The van der Waals surface area contributed by atoms with Gasteiger partial charge in [0.15, 0.2) is 0 Å². The van der Waals surface area contributed by atoms with Crippen molar-refractivity contribution < 1.29 is 22.8 Å². The number of benzene rings is 3. The van der Waals surface area contributed by atoms with Crippen LogP contribution in [0.25, 0.3) is 10.8 Å². The predicted octanol–water partition coefficient (Wildman–Crippen LogP) is 4.45. The van der Waals surface area contributed by atoms with Crippen LogP contribution in [0, 0.1) is 0 Å². The van der Waals surface area contributed by atoms with E-state index in [4.69, 9.17) is 0 Å². The molecule has 1 heterocycles. The summed E-state index contributed by atoms with van der Waals surface area (Å²) in [6.07, 6.45) is -4.06. The maximum atomic E-state index is 13.1. The zero-order valence-electron chi connectivity index (χ0n) is 16.2. The molecule has 1 atom stereocenters. The van der Waals surface area contributed by atoms with Gasteiger partial charge >= 0.3 is 6.18 Å². The molecule has 0 aromatic heterocycles. The molecule has 0 bridgehead atoms. The van der Waals surface area contributed by atoms with Crippen LogP contribution in [0.2, 0.25) is 0 Å². The molecule has 7 heteroatoms. The van der Waals surface area contributed by atoms with E-state index in [9.17, 15) is 22.8 Å². The summed E-state index contributed by atoms with van der Waals surface area (Å²) in [6.45, 7) is 1.46. The number of amides is 2. The zero-order chi connectivity index (χ0) is 21.5. The summed E-state index contributed by atoms with van der Waals surface area (Å²) in [7, 11) is 0. The number of rotatable bonds is 3. The molecule has 154 valence electrons. The predicted molar refractivity (Wildman–Crippen MR) is 108 cm³/mol. The van der Waals surface area contributed by atoms with Gasteiger partial charge in [0.25, 0.3) is 0 Å². The van der Waals surface area contributed by atoms with E-state index < -0.39 is 17.8 Å². The normalized spacial score (nSPS) is 16.5. The van der Waals surface area contributed by atoms with Gasteiger partial charge in [-0.3, -0.25) is 9.59 Å². The number of nitrogens with zero attached hydrogens (tertiary/aromatic N) is 1. The van der Waals surface area contributed by atoms with Gasteiger partial charge in [0.05, 0.1) is 12.1 Å². The summed E-state index contributed by atoms with van der Waals surface area (Å²) >= 11 is 0. The molecule has 0 radical (unpaired) electrons. The second kappa shape index (κ2) is 7.48. The standard InChI is InChI=1S/C23H19F3N2O2/c1-14(29)27-20-12-19-18-5-3-2-4-16(18)8-11-21(19)28(22(20)30)13-15-6-9-17(10-7-15)23(24,25)26/h2-11,20H,12-13H2,1H3,(H,27,29). The van der Waals surface area contributed by atoms with Gasteiger partial charge in [0.2, 0.25) is 11.8 Å². The van der Waals surface area contributed by atoms with Crippen LogP contribution in [0.5, 0.6) is 0 Å². The highest BCUT2D eigenvalue weighted by Gasteiger charge is 2.35. The van der Waals surface area contributed by atoms with Crippen LogP contribution in [-0.2, 0) is 28.7 Å². The Balaban J connectivity index is 1.75. The monoisotopic (exact) mass is 412 g/mol. The Bertz CT molecular complexity index is 1120. The molecule has 30 heavy (non-hydrogen) atoms. The molecule has 3 aromatic carbocycles. The molecule has 1 N–H and O–H groups in total. The number of carbonyl (C=O) groups excluding carboxylic acids is 2. The fraction of sp³-hybridized carbons (Fsp3) is 0.217. The quantitative estimate of drug-likeness (QED) is 0.691. The largest absolute Gasteiger partial charge is 0.416 e. The number of fused-ring (bicyclic) bond motifs is 3. The Morgan fingerprint density at radius 1 is 1.07 bits per heavy atom. The summed E-state index contributed by atoms with van der Waals surface area (Å²) in [6, 6.07) is 15.6. The van der Waals surface area contributed by atoms with E-state index in [1.165, 1.54) is 24.0 Å². The first-order valence-electron chi connectivity index (χ1n) is 9.49. The lowest BCUT2D eigenvalue weighted by Gasteiger charge is -2.35. The fourth-order valence-corrected chi connectivity index (χ4v) is 3.89. The highest BCUT2D eigenvalue weighted by atomic mass is 19.4. The lowest BCUT2D eigenvalue weighted by atomic mass is 9.91. The minimum atomic E-state index is -4.42. The molecule has 4 rings (SSSR count). The molecule has 1 aliphatic heterocycles. The van der Waals surface area contributed by atoms with Gasteiger partial charge in [-0.2, -0.15) is 13.2 Å². The van der Waals surface area contributed by atoms with Gasteiger partial charge in [-0.15, -0.1) is 0 Å². The van der Waals surface area contributed by atoms with E-state index in [0.717, 1.165) is 28.5 Å². The fourth-order valence-electron chi connectivity index (χ4n) is 3.89. The topological polar surface area (TPSA) is 49.4 Å². The Kier molecular flexibility index (Phi) is 4.97. The van der Waals surface area contributed by atoms with E-state index in [-0.39, 0.29) is 18.4 Å². The van der Waals surface area contributed by atoms with E-state index in [1.54, 1.807) is 0 Å². The second-order valence-corrected chi connectivity index (χ2v) is 7.36. The molecule has 4 nitrogen and oxygen atoms in total. The van der Waals surface area contributed by atoms with Crippen molar-refractivity contribution in [3.63, 3.8) is 0 Å². The van der Waals surface area contributed by atoms with Crippen molar-refractivity contribution in [3.8, 4) is 0 Å². The molecule has 0 spiro atoms. The van der Waals surface area contributed by atoms with Crippen LogP contribution in [0.1, 0.15) is 23.6 Å². The maximum Gasteiger partial charge on any atom is 0.416 e. The minimum absolute atomic E-state index is 0.110. The molecule has 1 unspecified atom stereocenters. The molecule has 1 aliphatic rings. The van der Waals surface area contributed by atoms with Crippen molar-refractivity contribution in [2.75, 3.05) is 4.90 Å². The second-order valence-electron chi connectivity index (χ2n) is 7.36. The lowest BCUT2D eigenvalue weighted by molar-refractivity contribution is -0.137. The minimum Gasteiger partial charge on any atom is -0.344 e. The van der Waals surface area contributed by atoms with E-state index in [0.29, 0.717) is 17.7 Å². The third kappa shape index (κ3) is 3.75. The van der Waals surface area contributed by atoms with Gasteiger partial charge in [-0.25, -0.2) is 0 Å². The number of hydrogen-bond donors (Lipinski definition) is 1.